The first-order valence-corrected chi connectivity index (χ1v) is 14.6. The Kier molecular flexibility index (Phi) is 7.98. The molecule has 0 fully saturated rings. The molecule has 3 heteroatoms. The zero-order valence-electron chi connectivity index (χ0n) is 20.8. The predicted octanol–water partition coefficient (Wildman–Crippen LogP) is 10.3. The van der Waals surface area contributed by atoms with Gasteiger partial charge < -0.3 is 4.74 Å². The summed E-state index contributed by atoms with van der Waals surface area (Å²) in [5.74, 6) is 0.963. The molecule has 5 rings (SSSR count). The van der Waals surface area contributed by atoms with E-state index in [2.05, 4.69) is 130 Å². The first kappa shape index (κ1) is 25.3. The van der Waals surface area contributed by atoms with Crippen LogP contribution in [0.3, 0.4) is 0 Å². The summed E-state index contributed by atoms with van der Waals surface area (Å²) in [5.41, 5.74) is 7.08. The molecular formula is C33H32Br2O. The molecule has 184 valence electrons. The summed E-state index contributed by atoms with van der Waals surface area (Å²) in [6.45, 7) is 3.00. The van der Waals surface area contributed by atoms with Crippen LogP contribution in [0, 0.1) is 0 Å². The first-order valence-electron chi connectivity index (χ1n) is 13.0. The molecule has 0 amide bonds. The molecular weight excluding hydrogens is 572 g/mol. The van der Waals surface area contributed by atoms with Crippen LogP contribution >= 0.6 is 31.9 Å². The minimum absolute atomic E-state index is 0.432. The molecule has 1 aliphatic carbocycles. The SMILES string of the molecule is CCCCCCCCOc1cc(Br)cc2c1-c1ccc(Br)cc1C2(c1ccccc1)c1ccccc1. The van der Waals surface area contributed by atoms with Gasteiger partial charge in [0, 0.05) is 14.5 Å². The van der Waals surface area contributed by atoms with E-state index in [1.165, 1.54) is 65.5 Å². The Morgan fingerprint density at radius 2 is 1.25 bits per heavy atom. The Morgan fingerprint density at radius 3 is 1.92 bits per heavy atom. The van der Waals surface area contributed by atoms with Crippen LogP contribution in [0.15, 0.2) is 99.9 Å². The van der Waals surface area contributed by atoms with E-state index < -0.39 is 5.41 Å². The van der Waals surface area contributed by atoms with Gasteiger partial charge >= 0.3 is 0 Å². The van der Waals surface area contributed by atoms with Crippen LogP contribution in [-0.4, -0.2) is 6.61 Å². The molecule has 1 aliphatic rings. The molecule has 0 aromatic heterocycles. The second-order valence-corrected chi connectivity index (χ2v) is 11.4. The maximum Gasteiger partial charge on any atom is 0.128 e. The Bertz CT molecular complexity index is 1280. The minimum Gasteiger partial charge on any atom is -0.493 e. The summed E-state index contributed by atoms with van der Waals surface area (Å²) in [6.07, 6.45) is 7.52. The average Bonchev–Trinajstić information content (AvgIpc) is 3.19. The third-order valence-corrected chi connectivity index (χ3v) is 8.25. The number of halogens is 2. The van der Waals surface area contributed by atoms with Gasteiger partial charge in [-0.15, -0.1) is 0 Å². The molecule has 0 aliphatic heterocycles. The van der Waals surface area contributed by atoms with Gasteiger partial charge in [0.05, 0.1) is 12.0 Å². The normalized spacial score (nSPS) is 13.3. The van der Waals surface area contributed by atoms with Gasteiger partial charge in [0.1, 0.15) is 5.75 Å². The molecule has 0 saturated heterocycles. The zero-order chi connectivity index (χ0) is 25.0. The molecule has 0 unspecified atom stereocenters. The van der Waals surface area contributed by atoms with Crippen molar-refractivity contribution in [2.45, 2.75) is 50.9 Å². The lowest BCUT2D eigenvalue weighted by Gasteiger charge is -2.34. The maximum absolute atomic E-state index is 6.55. The highest BCUT2D eigenvalue weighted by Crippen LogP contribution is 2.59. The third kappa shape index (κ3) is 4.68. The summed E-state index contributed by atoms with van der Waals surface area (Å²) in [5, 5.41) is 0. The van der Waals surface area contributed by atoms with E-state index in [0.29, 0.717) is 0 Å². The predicted molar refractivity (Wildman–Crippen MR) is 158 cm³/mol. The smallest absolute Gasteiger partial charge is 0.128 e. The van der Waals surface area contributed by atoms with Crippen LogP contribution in [0.1, 0.15) is 67.7 Å². The molecule has 0 heterocycles. The van der Waals surface area contributed by atoms with Crippen molar-refractivity contribution in [1.82, 2.24) is 0 Å². The summed E-state index contributed by atoms with van der Waals surface area (Å²) in [6, 6.07) is 32.9. The molecule has 4 aromatic carbocycles. The molecule has 4 aromatic rings. The van der Waals surface area contributed by atoms with Crippen molar-refractivity contribution >= 4 is 31.9 Å². The maximum atomic E-state index is 6.55. The topological polar surface area (TPSA) is 9.23 Å². The van der Waals surface area contributed by atoms with Crippen molar-refractivity contribution in [2.75, 3.05) is 6.61 Å². The number of hydrogen-bond acceptors (Lipinski definition) is 1. The monoisotopic (exact) mass is 602 g/mol. The zero-order valence-corrected chi connectivity index (χ0v) is 23.9. The summed E-state index contributed by atoms with van der Waals surface area (Å²) in [7, 11) is 0. The lowest BCUT2D eigenvalue weighted by atomic mass is 9.68. The van der Waals surface area contributed by atoms with Gasteiger partial charge in [-0.3, -0.25) is 0 Å². The lowest BCUT2D eigenvalue weighted by Crippen LogP contribution is -2.28. The third-order valence-electron chi connectivity index (χ3n) is 7.29. The molecule has 0 atom stereocenters. The molecule has 0 bridgehead atoms. The van der Waals surface area contributed by atoms with E-state index in [-0.39, 0.29) is 0 Å². The van der Waals surface area contributed by atoms with Gasteiger partial charge in [-0.1, -0.05) is 138 Å². The number of hydrogen-bond donors (Lipinski definition) is 0. The number of ether oxygens (including phenoxy) is 1. The highest BCUT2D eigenvalue weighted by Gasteiger charge is 2.47. The molecule has 36 heavy (non-hydrogen) atoms. The fourth-order valence-electron chi connectivity index (χ4n) is 5.69. The van der Waals surface area contributed by atoms with Gasteiger partial charge in [-0.2, -0.15) is 0 Å². The minimum atomic E-state index is -0.432. The van der Waals surface area contributed by atoms with E-state index >= 15 is 0 Å². The van der Waals surface area contributed by atoms with Crippen molar-refractivity contribution in [3.05, 3.63) is 122 Å². The average molecular weight is 604 g/mol. The van der Waals surface area contributed by atoms with E-state index in [1.54, 1.807) is 0 Å². The molecule has 0 spiro atoms. The Hall–Kier alpha value is -2.36. The number of benzene rings is 4. The van der Waals surface area contributed by atoms with Crippen LogP contribution in [0.25, 0.3) is 11.1 Å². The summed E-state index contributed by atoms with van der Waals surface area (Å²) < 4.78 is 8.67. The second-order valence-electron chi connectivity index (χ2n) is 9.61. The Labute approximate surface area is 232 Å². The number of unbranched alkanes of at least 4 members (excludes halogenated alkanes) is 5. The van der Waals surface area contributed by atoms with Crippen molar-refractivity contribution in [3.63, 3.8) is 0 Å². The van der Waals surface area contributed by atoms with Crippen LogP contribution < -0.4 is 4.74 Å². The lowest BCUT2D eigenvalue weighted by molar-refractivity contribution is 0.305. The van der Waals surface area contributed by atoms with Crippen LogP contribution in [0.4, 0.5) is 0 Å². The number of fused-ring (bicyclic) bond motifs is 3. The van der Waals surface area contributed by atoms with Crippen LogP contribution in [0.5, 0.6) is 5.75 Å². The second kappa shape index (κ2) is 11.4. The van der Waals surface area contributed by atoms with Gasteiger partial charge in [0.2, 0.25) is 0 Å². The van der Waals surface area contributed by atoms with E-state index in [9.17, 15) is 0 Å². The van der Waals surface area contributed by atoms with Crippen molar-refractivity contribution in [2.24, 2.45) is 0 Å². The first-order chi connectivity index (χ1) is 17.7. The van der Waals surface area contributed by atoms with Crippen LogP contribution in [0.2, 0.25) is 0 Å². The Morgan fingerprint density at radius 1 is 0.639 bits per heavy atom. The highest BCUT2D eigenvalue weighted by atomic mass is 79.9. The largest absolute Gasteiger partial charge is 0.493 e. The van der Waals surface area contributed by atoms with Gasteiger partial charge in [0.15, 0.2) is 0 Å². The molecule has 0 saturated carbocycles. The quantitative estimate of drug-likeness (QED) is 0.144. The van der Waals surface area contributed by atoms with Gasteiger partial charge in [-0.25, -0.2) is 0 Å². The fraction of sp³-hybridized carbons (Fsp3) is 0.273. The van der Waals surface area contributed by atoms with Crippen molar-refractivity contribution < 1.29 is 4.74 Å². The molecule has 1 nitrogen and oxygen atoms in total. The van der Waals surface area contributed by atoms with E-state index in [1.807, 2.05) is 0 Å². The summed E-state index contributed by atoms with van der Waals surface area (Å²) in [4.78, 5) is 0. The van der Waals surface area contributed by atoms with Crippen molar-refractivity contribution in [1.29, 1.82) is 0 Å². The number of rotatable bonds is 10. The van der Waals surface area contributed by atoms with Crippen molar-refractivity contribution in [3.8, 4) is 16.9 Å². The van der Waals surface area contributed by atoms with Crippen LogP contribution in [-0.2, 0) is 5.41 Å². The van der Waals surface area contributed by atoms with Gasteiger partial charge in [-0.05, 0) is 58.5 Å². The highest BCUT2D eigenvalue weighted by molar-refractivity contribution is 9.10. The van der Waals surface area contributed by atoms with Gasteiger partial charge in [0.25, 0.3) is 0 Å². The Balaban J connectivity index is 1.65. The van der Waals surface area contributed by atoms with E-state index in [4.69, 9.17) is 4.74 Å². The fourth-order valence-corrected chi connectivity index (χ4v) is 6.49. The summed E-state index contributed by atoms with van der Waals surface area (Å²) >= 11 is 7.61. The van der Waals surface area contributed by atoms with E-state index in [0.717, 1.165) is 27.7 Å². The molecule has 0 N–H and O–H groups in total. The standard InChI is InChI=1S/C33H32Br2O/c1-2-3-4-5-6-13-20-36-31-23-27(35)22-30-32(31)28-19-18-26(34)21-29(28)33(30,24-14-9-7-10-15-24)25-16-11-8-12-17-25/h7-12,14-19,21-23H,2-6,13,20H2,1H3. The molecule has 0 radical (unpaired) electrons.